The molecule has 4 fully saturated rings. The predicted molar refractivity (Wildman–Crippen MR) is 110 cm³/mol. The molecule has 1 aromatic carbocycles. The van der Waals surface area contributed by atoms with Gasteiger partial charge in [-0.05, 0) is 69.4 Å². The van der Waals surface area contributed by atoms with Gasteiger partial charge in [-0.2, -0.15) is 0 Å². The Bertz CT molecular complexity index is 990. The maximum atomic E-state index is 13.2. The molecule has 30 heavy (non-hydrogen) atoms. The number of hydrogen-bond donors (Lipinski definition) is 0. The van der Waals surface area contributed by atoms with Crippen molar-refractivity contribution in [1.82, 2.24) is 10.2 Å². The van der Waals surface area contributed by atoms with Crippen LogP contribution in [0.1, 0.15) is 57.4 Å². The lowest BCUT2D eigenvalue weighted by atomic mass is 9.49. The number of non-ortho nitro benzene ring substituents is 1. The maximum absolute atomic E-state index is 13.2. The average molecular weight is 476 g/mol. The predicted octanol–water partition coefficient (Wildman–Crippen LogP) is 4.98. The van der Waals surface area contributed by atoms with Crippen molar-refractivity contribution in [2.75, 3.05) is 0 Å². The first kappa shape index (κ1) is 19.7. The van der Waals surface area contributed by atoms with Crippen molar-refractivity contribution in [2.45, 2.75) is 55.9 Å². The first-order valence-electron chi connectivity index (χ1n) is 10.2. The highest BCUT2D eigenvalue weighted by Crippen LogP contribution is 2.64. The Balaban J connectivity index is 1.30. The molecule has 3 atom stereocenters. The molecule has 4 aliphatic rings. The third kappa shape index (κ3) is 3.33. The van der Waals surface area contributed by atoms with Crippen molar-refractivity contribution in [3.8, 4) is 11.5 Å². The van der Waals surface area contributed by atoms with Crippen LogP contribution < -0.4 is 0 Å². The molecule has 4 bridgehead atoms. The number of ether oxygens (including phenoxy) is 1. The minimum Gasteiger partial charge on any atom is -0.452 e. The molecule has 2 aromatic rings. The maximum Gasteiger partial charge on any atom is 0.312 e. The number of alkyl halides is 1. The van der Waals surface area contributed by atoms with Crippen LogP contribution in [0.5, 0.6) is 0 Å². The number of nitro benzene ring substituents is 1. The number of benzene rings is 1. The fourth-order valence-electron chi connectivity index (χ4n) is 5.97. The Morgan fingerprint density at radius 2 is 1.90 bits per heavy atom. The minimum absolute atomic E-state index is 0.0130. The lowest BCUT2D eigenvalue weighted by Gasteiger charge is -2.58. The topological polar surface area (TPSA) is 108 Å². The van der Waals surface area contributed by atoms with Crippen LogP contribution in [0.3, 0.4) is 0 Å². The largest absolute Gasteiger partial charge is 0.452 e. The summed E-state index contributed by atoms with van der Waals surface area (Å²) in [5, 5.41) is 18.8. The number of hydrogen-bond acceptors (Lipinski definition) is 7. The second-order valence-corrected chi connectivity index (χ2v) is 10.9. The van der Waals surface area contributed by atoms with Crippen LogP contribution in [-0.2, 0) is 9.53 Å². The van der Waals surface area contributed by atoms with Crippen molar-refractivity contribution in [3.05, 3.63) is 40.3 Å². The standard InChI is InChI=1S/C21H22BrN3O5/c1-12(17-23-24-18(30-17)15-2-4-16(5-3-15)25(27)28)29-19(26)20-7-13-6-14(8-20)10-21(22,9-13)11-20/h2-5,12-14H,6-11H2,1H3/t12-,13+,14+,20?,21?/m0/s1. The summed E-state index contributed by atoms with van der Waals surface area (Å²) in [5.41, 5.74) is 0.143. The minimum atomic E-state index is -0.656. The molecule has 0 unspecified atom stereocenters. The van der Waals surface area contributed by atoms with E-state index in [1.807, 2.05) is 0 Å². The zero-order valence-corrected chi connectivity index (χ0v) is 18.1. The zero-order chi connectivity index (χ0) is 21.1. The van der Waals surface area contributed by atoms with E-state index in [-0.39, 0.29) is 27.8 Å². The van der Waals surface area contributed by atoms with Gasteiger partial charge in [-0.15, -0.1) is 10.2 Å². The SMILES string of the molecule is C[C@H](OC(=O)C12C[C@H]3C[C@@H](CC(Br)(C3)C1)C2)c1nnc(-c2ccc([N+](=O)[O-])cc2)o1. The molecule has 4 saturated carbocycles. The summed E-state index contributed by atoms with van der Waals surface area (Å²) in [4.78, 5) is 23.5. The molecular weight excluding hydrogens is 454 g/mol. The summed E-state index contributed by atoms with van der Waals surface area (Å²) in [6.07, 6.45) is 5.50. The van der Waals surface area contributed by atoms with Gasteiger partial charge < -0.3 is 9.15 Å². The van der Waals surface area contributed by atoms with Crippen molar-refractivity contribution in [2.24, 2.45) is 17.3 Å². The molecule has 1 heterocycles. The summed E-state index contributed by atoms with van der Waals surface area (Å²) < 4.78 is 11.6. The van der Waals surface area contributed by atoms with Crippen LogP contribution >= 0.6 is 15.9 Å². The van der Waals surface area contributed by atoms with E-state index in [1.54, 1.807) is 19.1 Å². The molecule has 8 nitrogen and oxygen atoms in total. The fourth-order valence-corrected chi connectivity index (χ4v) is 7.42. The lowest BCUT2D eigenvalue weighted by molar-refractivity contribution is -0.384. The van der Waals surface area contributed by atoms with Crippen LogP contribution in [0.4, 0.5) is 5.69 Å². The van der Waals surface area contributed by atoms with Crippen molar-refractivity contribution in [3.63, 3.8) is 0 Å². The Labute approximate surface area is 181 Å². The third-order valence-electron chi connectivity index (χ3n) is 6.82. The zero-order valence-electron chi connectivity index (χ0n) is 16.5. The highest BCUT2D eigenvalue weighted by Gasteiger charge is 2.60. The van der Waals surface area contributed by atoms with Gasteiger partial charge in [0.15, 0.2) is 6.10 Å². The Morgan fingerprint density at radius 3 is 2.50 bits per heavy atom. The molecule has 0 spiro atoms. The van der Waals surface area contributed by atoms with Gasteiger partial charge in [-0.1, -0.05) is 15.9 Å². The highest BCUT2D eigenvalue weighted by molar-refractivity contribution is 9.10. The molecule has 0 amide bonds. The van der Waals surface area contributed by atoms with Gasteiger partial charge in [0.05, 0.1) is 10.3 Å². The molecule has 0 saturated heterocycles. The Morgan fingerprint density at radius 1 is 1.23 bits per heavy atom. The van der Waals surface area contributed by atoms with Crippen LogP contribution in [0, 0.1) is 27.4 Å². The summed E-state index contributed by atoms with van der Waals surface area (Å²) in [7, 11) is 0. The third-order valence-corrected chi connectivity index (χ3v) is 7.75. The van der Waals surface area contributed by atoms with E-state index in [2.05, 4.69) is 26.1 Å². The number of esters is 1. The van der Waals surface area contributed by atoms with Crippen molar-refractivity contribution >= 4 is 27.6 Å². The van der Waals surface area contributed by atoms with E-state index >= 15 is 0 Å². The van der Waals surface area contributed by atoms with E-state index < -0.39 is 16.4 Å². The fraction of sp³-hybridized carbons (Fsp3) is 0.571. The van der Waals surface area contributed by atoms with E-state index in [9.17, 15) is 14.9 Å². The number of nitro groups is 1. The smallest absolute Gasteiger partial charge is 0.312 e. The lowest BCUT2D eigenvalue weighted by Crippen LogP contribution is -2.56. The molecule has 9 heteroatoms. The second kappa shape index (κ2) is 6.87. The number of halogens is 1. The first-order chi connectivity index (χ1) is 14.3. The van der Waals surface area contributed by atoms with Gasteiger partial charge in [0, 0.05) is 22.0 Å². The number of carbonyl (C=O) groups excluding carboxylic acids is 1. The first-order valence-corrected chi connectivity index (χ1v) is 11.0. The molecule has 6 rings (SSSR count). The highest BCUT2D eigenvalue weighted by atomic mass is 79.9. The van der Waals surface area contributed by atoms with E-state index in [4.69, 9.17) is 9.15 Å². The van der Waals surface area contributed by atoms with Crippen LogP contribution in [0.2, 0.25) is 0 Å². The van der Waals surface area contributed by atoms with Gasteiger partial charge in [-0.25, -0.2) is 0 Å². The summed E-state index contributed by atoms with van der Waals surface area (Å²) in [6.45, 7) is 1.73. The molecule has 0 N–H and O–H groups in total. The summed E-state index contributed by atoms with van der Waals surface area (Å²) in [6, 6.07) is 5.87. The summed E-state index contributed by atoms with van der Waals surface area (Å²) >= 11 is 3.92. The Hall–Kier alpha value is -2.29. The number of rotatable bonds is 5. The molecular formula is C21H22BrN3O5. The normalized spacial score (nSPS) is 32.7. The monoisotopic (exact) mass is 475 g/mol. The number of carbonyl (C=O) groups is 1. The van der Waals surface area contributed by atoms with Crippen molar-refractivity contribution in [1.29, 1.82) is 0 Å². The second-order valence-electron chi connectivity index (χ2n) is 9.19. The molecule has 0 aliphatic heterocycles. The van der Waals surface area contributed by atoms with Crippen molar-refractivity contribution < 1.29 is 18.9 Å². The summed E-state index contributed by atoms with van der Waals surface area (Å²) in [5.74, 6) is 1.46. The van der Waals surface area contributed by atoms with E-state index in [0.717, 1.165) is 32.1 Å². The van der Waals surface area contributed by atoms with Gasteiger partial charge in [0.2, 0.25) is 5.89 Å². The van der Waals surface area contributed by atoms with Crippen LogP contribution in [-0.4, -0.2) is 25.4 Å². The molecule has 1 aromatic heterocycles. The quantitative estimate of drug-likeness (QED) is 0.259. The van der Waals surface area contributed by atoms with E-state index in [1.165, 1.54) is 18.6 Å². The number of nitrogens with zero attached hydrogens (tertiary/aromatic N) is 3. The molecule has 0 radical (unpaired) electrons. The van der Waals surface area contributed by atoms with Crippen LogP contribution in [0.25, 0.3) is 11.5 Å². The van der Waals surface area contributed by atoms with Crippen LogP contribution in [0.15, 0.2) is 28.7 Å². The molecule has 158 valence electrons. The van der Waals surface area contributed by atoms with E-state index in [0.29, 0.717) is 17.4 Å². The van der Waals surface area contributed by atoms with Gasteiger partial charge in [0.25, 0.3) is 11.6 Å². The van der Waals surface area contributed by atoms with Gasteiger partial charge in [-0.3, -0.25) is 14.9 Å². The van der Waals surface area contributed by atoms with Gasteiger partial charge in [0.1, 0.15) is 0 Å². The average Bonchev–Trinajstić information content (AvgIpc) is 3.16. The molecule has 4 aliphatic carbocycles. The van der Waals surface area contributed by atoms with Gasteiger partial charge >= 0.3 is 5.97 Å². The number of aromatic nitrogens is 2. The Kier molecular flexibility index (Phi) is 4.50.